The van der Waals surface area contributed by atoms with Crippen LogP contribution in [0, 0.1) is 0 Å². The summed E-state index contributed by atoms with van der Waals surface area (Å²) in [7, 11) is -3.45. The minimum absolute atomic E-state index is 0.128. The topological polar surface area (TPSA) is 105 Å². The minimum atomic E-state index is -3.45. The number of nitrogens with zero attached hydrogens (tertiary/aromatic N) is 2. The Hall–Kier alpha value is -3.49. The van der Waals surface area contributed by atoms with Crippen molar-refractivity contribution in [2.75, 3.05) is 29.0 Å². The van der Waals surface area contributed by atoms with Gasteiger partial charge in [-0.25, -0.2) is 8.42 Å². The molecule has 7 nitrogen and oxygen atoms in total. The zero-order valence-electron chi connectivity index (χ0n) is 17.6. The molecule has 1 heterocycles. The van der Waals surface area contributed by atoms with Crippen molar-refractivity contribution in [3.8, 4) is 0 Å². The summed E-state index contributed by atoms with van der Waals surface area (Å²) in [5.74, 6) is -0.672. The van der Waals surface area contributed by atoms with E-state index in [0.717, 1.165) is 23.1 Å². The van der Waals surface area contributed by atoms with E-state index in [1.165, 1.54) is 4.31 Å². The van der Waals surface area contributed by atoms with Crippen molar-refractivity contribution < 1.29 is 13.2 Å². The molecule has 0 bridgehead atoms. The molecule has 0 fully saturated rings. The van der Waals surface area contributed by atoms with E-state index in [1.807, 2.05) is 54.6 Å². The maximum Gasteiger partial charge on any atom is 0.238 e. The molecular formula is C24H24N4O3S. The maximum atomic E-state index is 12.9. The summed E-state index contributed by atoms with van der Waals surface area (Å²) >= 11 is 0. The molecule has 8 heteroatoms. The second-order valence-electron chi connectivity index (χ2n) is 7.51. The third kappa shape index (κ3) is 4.42. The molecule has 3 aromatic carbocycles. The molecule has 1 aliphatic heterocycles. The highest BCUT2D eigenvalue weighted by atomic mass is 32.2. The predicted octanol–water partition coefficient (Wildman–Crippen LogP) is 3.27. The number of hydrogen-bond donors (Lipinski definition) is 2. The van der Waals surface area contributed by atoms with Crippen molar-refractivity contribution in [1.29, 1.82) is 0 Å². The van der Waals surface area contributed by atoms with E-state index in [2.05, 4.69) is 5.32 Å². The summed E-state index contributed by atoms with van der Waals surface area (Å²) in [6.07, 6.45) is 1.15. The van der Waals surface area contributed by atoms with Crippen molar-refractivity contribution >= 4 is 38.7 Å². The van der Waals surface area contributed by atoms with Gasteiger partial charge >= 0.3 is 0 Å². The van der Waals surface area contributed by atoms with Gasteiger partial charge in [-0.2, -0.15) is 0 Å². The van der Waals surface area contributed by atoms with Gasteiger partial charge in [0.05, 0.1) is 23.3 Å². The second kappa shape index (κ2) is 8.94. The van der Waals surface area contributed by atoms with Crippen molar-refractivity contribution in [3.63, 3.8) is 0 Å². The number of benzene rings is 3. The summed E-state index contributed by atoms with van der Waals surface area (Å²) in [6, 6.07) is 24.0. The molecule has 32 heavy (non-hydrogen) atoms. The lowest BCUT2D eigenvalue weighted by Crippen LogP contribution is -2.34. The Bertz CT molecular complexity index is 1260. The molecule has 0 saturated heterocycles. The Morgan fingerprint density at radius 2 is 1.66 bits per heavy atom. The van der Waals surface area contributed by atoms with Crippen LogP contribution in [-0.4, -0.2) is 39.4 Å². The number of para-hydroxylation sites is 1. The van der Waals surface area contributed by atoms with Gasteiger partial charge in [-0.3, -0.25) is 14.1 Å². The number of hydrogen-bond acceptors (Lipinski definition) is 5. The van der Waals surface area contributed by atoms with Crippen molar-refractivity contribution in [3.05, 3.63) is 90.0 Å². The van der Waals surface area contributed by atoms with E-state index in [0.29, 0.717) is 17.1 Å². The van der Waals surface area contributed by atoms with E-state index >= 15 is 0 Å². The van der Waals surface area contributed by atoms with Gasteiger partial charge in [-0.05, 0) is 41.5 Å². The Morgan fingerprint density at radius 1 is 1.00 bits per heavy atom. The Morgan fingerprint density at radius 3 is 2.31 bits per heavy atom. The number of amides is 1. The molecule has 1 unspecified atom stereocenters. The molecule has 0 aliphatic carbocycles. The van der Waals surface area contributed by atoms with Gasteiger partial charge in [-0.1, -0.05) is 48.5 Å². The first-order valence-corrected chi connectivity index (χ1v) is 12.0. The fraction of sp³-hybridized carbons (Fsp3) is 0.167. The molecule has 0 saturated carbocycles. The van der Waals surface area contributed by atoms with Gasteiger partial charge in [0.1, 0.15) is 5.92 Å². The zero-order chi connectivity index (χ0) is 22.7. The average Bonchev–Trinajstić information content (AvgIpc) is 3.12. The normalized spacial score (nSPS) is 15.9. The highest BCUT2D eigenvalue weighted by Gasteiger charge is 2.35. The Kier molecular flexibility index (Phi) is 6.07. The molecule has 164 valence electrons. The molecule has 1 aliphatic rings. The molecular weight excluding hydrogens is 424 g/mol. The molecule has 1 atom stereocenters. The molecule has 1 amide bonds. The van der Waals surface area contributed by atoms with E-state index in [1.54, 1.807) is 24.3 Å². The van der Waals surface area contributed by atoms with Crippen LogP contribution in [0.4, 0.5) is 17.1 Å². The largest absolute Gasteiger partial charge is 0.329 e. The van der Waals surface area contributed by atoms with Crippen LogP contribution in [0.3, 0.4) is 0 Å². The third-order valence-electron chi connectivity index (χ3n) is 5.25. The van der Waals surface area contributed by atoms with Crippen LogP contribution in [0.25, 0.3) is 0 Å². The number of sulfonamides is 1. The van der Waals surface area contributed by atoms with Crippen LogP contribution in [0.5, 0.6) is 0 Å². The maximum absolute atomic E-state index is 12.9. The lowest BCUT2D eigenvalue weighted by Gasteiger charge is -2.21. The van der Waals surface area contributed by atoms with Gasteiger partial charge < -0.3 is 11.1 Å². The Balaban J connectivity index is 1.77. The molecule has 3 aromatic rings. The van der Waals surface area contributed by atoms with E-state index in [4.69, 9.17) is 10.7 Å². The quantitative estimate of drug-likeness (QED) is 0.541. The minimum Gasteiger partial charge on any atom is -0.329 e. The van der Waals surface area contributed by atoms with Crippen molar-refractivity contribution in [1.82, 2.24) is 0 Å². The number of rotatable bonds is 7. The number of nitrogens with two attached hydrogens (primary N) is 1. The number of carbonyl (C=O) groups is 1. The van der Waals surface area contributed by atoms with Gasteiger partial charge in [0, 0.05) is 18.8 Å². The highest BCUT2D eigenvalue weighted by Crippen LogP contribution is 2.36. The zero-order valence-corrected chi connectivity index (χ0v) is 18.4. The molecule has 0 radical (unpaired) electrons. The lowest BCUT2D eigenvalue weighted by atomic mass is 9.90. The molecule has 0 spiro atoms. The average molecular weight is 449 g/mol. The number of aliphatic imine (C=N–C) groups is 1. The summed E-state index contributed by atoms with van der Waals surface area (Å²) < 4.78 is 25.5. The van der Waals surface area contributed by atoms with Crippen LogP contribution >= 0.6 is 0 Å². The fourth-order valence-electron chi connectivity index (χ4n) is 3.82. The summed E-state index contributed by atoms with van der Waals surface area (Å²) in [5.41, 5.74) is 9.84. The van der Waals surface area contributed by atoms with E-state index in [-0.39, 0.29) is 19.0 Å². The first kappa shape index (κ1) is 21.7. The van der Waals surface area contributed by atoms with Crippen LogP contribution in [0.15, 0.2) is 83.9 Å². The number of carbonyl (C=O) groups excluding carboxylic acids is 1. The van der Waals surface area contributed by atoms with Crippen LogP contribution in [-0.2, 0) is 14.8 Å². The van der Waals surface area contributed by atoms with Gasteiger partial charge in [0.15, 0.2) is 0 Å². The molecule has 0 aromatic heterocycles. The third-order valence-corrected chi connectivity index (χ3v) is 6.45. The molecule has 3 N–H and O–H groups in total. The number of fused-ring (bicyclic) bond motifs is 1. The van der Waals surface area contributed by atoms with Crippen LogP contribution in [0.2, 0.25) is 0 Å². The predicted molar refractivity (Wildman–Crippen MR) is 128 cm³/mol. The van der Waals surface area contributed by atoms with Gasteiger partial charge in [0.25, 0.3) is 0 Å². The highest BCUT2D eigenvalue weighted by molar-refractivity contribution is 7.92. The summed E-state index contributed by atoms with van der Waals surface area (Å²) in [6.45, 7) is 0.400. The second-order valence-corrected chi connectivity index (χ2v) is 9.42. The number of anilines is 2. The first-order valence-electron chi connectivity index (χ1n) is 10.2. The van der Waals surface area contributed by atoms with Crippen LogP contribution in [0.1, 0.15) is 17.0 Å². The monoisotopic (exact) mass is 448 g/mol. The van der Waals surface area contributed by atoms with Crippen molar-refractivity contribution in [2.45, 2.75) is 5.92 Å². The smallest absolute Gasteiger partial charge is 0.238 e. The summed E-state index contributed by atoms with van der Waals surface area (Å²) in [4.78, 5) is 17.7. The van der Waals surface area contributed by atoms with E-state index < -0.39 is 15.9 Å². The lowest BCUT2D eigenvalue weighted by molar-refractivity contribution is -0.115. The molecule has 4 rings (SSSR count). The van der Waals surface area contributed by atoms with Gasteiger partial charge in [0.2, 0.25) is 15.9 Å². The Labute approximate surface area is 187 Å². The summed E-state index contributed by atoms with van der Waals surface area (Å²) in [5, 5.41) is 2.93. The van der Waals surface area contributed by atoms with Crippen LogP contribution < -0.4 is 15.4 Å². The standard InChI is InChI=1S/C24H24N4O3S/c1-32(30,31)28(16-15-25)19-13-11-18(12-14-19)26-23(17-7-3-2-4-8-17)22-20-9-5-6-10-21(20)27-24(22)29/h2-14,22H,15-16,25H2,1H3,(H,27,29). The fourth-order valence-corrected chi connectivity index (χ4v) is 4.76. The van der Waals surface area contributed by atoms with Crippen molar-refractivity contribution in [2.24, 2.45) is 10.7 Å². The number of nitrogens with one attached hydrogen (secondary N) is 1. The van der Waals surface area contributed by atoms with Gasteiger partial charge in [-0.15, -0.1) is 0 Å². The SMILES string of the molecule is CS(=O)(=O)N(CCN)c1ccc(N=C(c2ccccc2)C2C(=O)Nc3ccccc32)cc1. The first-order chi connectivity index (χ1) is 15.4. The van der Waals surface area contributed by atoms with E-state index in [9.17, 15) is 13.2 Å².